The topological polar surface area (TPSA) is 0 Å². The quantitative estimate of drug-likeness (QED) is 0.406. The van der Waals surface area contributed by atoms with E-state index in [0.717, 1.165) is 48.8 Å². The molecule has 142 valence electrons. The van der Waals surface area contributed by atoms with Crippen LogP contribution >= 0.6 is 0 Å². The maximum absolute atomic E-state index is 14.7. The summed E-state index contributed by atoms with van der Waals surface area (Å²) in [5, 5.41) is 0. The van der Waals surface area contributed by atoms with Gasteiger partial charge in [0.25, 0.3) is 0 Å². The second kappa shape index (κ2) is 9.30. The highest BCUT2D eigenvalue weighted by Gasteiger charge is 2.27. The molecule has 0 radical (unpaired) electrons. The zero-order valence-corrected chi connectivity index (χ0v) is 16.5. The number of hydrogen-bond acceptors (Lipinski definition) is 0. The molecule has 0 bridgehead atoms. The zero-order chi connectivity index (χ0) is 19.3. The monoisotopic (exact) mass is 358 g/mol. The molecule has 2 heteroatoms. The molecule has 0 spiro atoms. The molecule has 26 heavy (non-hydrogen) atoms. The van der Waals surface area contributed by atoms with Crippen molar-refractivity contribution in [1.29, 1.82) is 0 Å². The fourth-order valence-electron chi connectivity index (χ4n) is 3.91. The molecule has 0 aromatic carbocycles. The number of alkyl halides is 1. The third-order valence-corrected chi connectivity index (χ3v) is 5.61. The van der Waals surface area contributed by atoms with Crippen LogP contribution in [0.1, 0.15) is 65.7 Å². The third-order valence-electron chi connectivity index (χ3n) is 5.61. The number of halogens is 2. The van der Waals surface area contributed by atoms with Gasteiger partial charge in [0, 0.05) is 6.42 Å². The number of allylic oxidation sites excluding steroid dienone is 10. The Labute approximate surface area is 157 Å². The summed E-state index contributed by atoms with van der Waals surface area (Å²) in [5.74, 6) is 0.312. The van der Waals surface area contributed by atoms with E-state index in [-0.39, 0.29) is 6.42 Å². The van der Waals surface area contributed by atoms with Crippen molar-refractivity contribution < 1.29 is 8.78 Å². The van der Waals surface area contributed by atoms with Crippen LogP contribution in [-0.2, 0) is 0 Å². The van der Waals surface area contributed by atoms with Crippen LogP contribution in [0.2, 0.25) is 0 Å². The highest BCUT2D eigenvalue weighted by Crippen LogP contribution is 2.40. The molecule has 2 aliphatic carbocycles. The highest BCUT2D eigenvalue weighted by molar-refractivity contribution is 5.57. The molecule has 0 fully saturated rings. The minimum atomic E-state index is -1.30. The van der Waals surface area contributed by atoms with E-state index in [0.29, 0.717) is 11.5 Å². The first-order valence-electron chi connectivity index (χ1n) is 9.85. The average Bonchev–Trinajstić information content (AvgIpc) is 2.60. The van der Waals surface area contributed by atoms with Gasteiger partial charge in [0.1, 0.15) is 12.0 Å². The first kappa shape index (κ1) is 20.6. The molecular formula is C24H32F2. The van der Waals surface area contributed by atoms with Crippen LogP contribution in [0.4, 0.5) is 8.78 Å². The second-order valence-corrected chi connectivity index (χ2v) is 7.62. The van der Waals surface area contributed by atoms with Gasteiger partial charge in [0.2, 0.25) is 0 Å². The maximum Gasteiger partial charge on any atom is 0.132 e. The molecule has 2 aliphatic rings. The summed E-state index contributed by atoms with van der Waals surface area (Å²) in [5.41, 5.74) is 5.86. The van der Waals surface area contributed by atoms with Crippen LogP contribution in [-0.4, -0.2) is 6.17 Å². The Kier molecular flexibility index (Phi) is 7.37. The lowest BCUT2D eigenvalue weighted by atomic mass is 9.77. The van der Waals surface area contributed by atoms with Crippen molar-refractivity contribution in [2.45, 2.75) is 71.9 Å². The van der Waals surface area contributed by atoms with Gasteiger partial charge in [-0.05, 0) is 78.5 Å². The lowest BCUT2D eigenvalue weighted by Crippen LogP contribution is -2.16. The van der Waals surface area contributed by atoms with E-state index >= 15 is 0 Å². The van der Waals surface area contributed by atoms with E-state index < -0.39 is 12.0 Å². The van der Waals surface area contributed by atoms with Crippen LogP contribution in [0.25, 0.3) is 0 Å². The lowest BCUT2D eigenvalue weighted by molar-refractivity contribution is 0.354. The van der Waals surface area contributed by atoms with Gasteiger partial charge in [-0.3, -0.25) is 0 Å². The Morgan fingerprint density at radius 2 is 1.96 bits per heavy atom. The molecule has 0 amide bonds. The van der Waals surface area contributed by atoms with Gasteiger partial charge in [-0.15, -0.1) is 0 Å². The molecule has 0 heterocycles. The minimum absolute atomic E-state index is 0.171. The molecule has 0 aromatic heterocycles. The predicted molar refractivity (Wildman–Crippen MR) is 108 cm³/mol. The van der Waals surface area contributed by atoms with Crippen molar-refractivity contribution in [3.05, 3.63) is 70.7 Å². The van der Waals surface area contributed by atoms with E-state index in [9.17, 15) is 8.78 Å². The summed E-state index contributed by atoms with van der Waals surface area (Å²) in [6, 6.07) is 0. The van der Waals surface area contributed by atoms with Gasteiger partial charge in [0.05, 0.1) is 0 Å². The van der Waals surface area contributed by atoms with Crippen LogP contribution in [0.15, 0.2) is 70.7 Å². The number of rotatable bonds is 7. The molecular weight excluding hydrogens is 326 g/mol. The first-order chi connectivity index (χ1) is 12.4. The second-order valence-electron chi connectivity index (χ2n) is 7.62. The van der Waals surface area contributed by atoms with Crippen LogP contribution in [0.5, 0.6) is 0 Å². The van der Waals surface area contributed by atoms with Crippen LogP contribution in [0, 0.1) is 5.92 Å². The van der Waals surface area contributed by atoms with Crippen molar-refractivity contribution >= 4 is 0 Å². The first-order valence-corrected chi connectivity index (χ1v) is 9.85. The van der Waals surface area contributed by atoms with Crippen molar-refractivity contribution in [1.82, 2.24) is 0 Å². The Bertz CT molecular complexity index is 685. The van der Waals surface area contributed by atoms with Gasteiger partial charge < -0.3 is 0 Å². The fourth-order valence-corrected chi connectivity index (χ4v) is 3.91. The third kappa shape index (κ3) is 4.93. The Morgan fingerprint density at radius 3 is 2.54 bits per heavy atom. The largest absolute Gasteiger partial charge is 0.242 e. The van der Waals surface area contributed by atoms with Gasteiger partial charge in [-0.25, -0.2) is 8.78 Å². The molecule has 0 aromatic rings. The summed E-state index contributed by atoms with van der Waals surface area (Å²) in [4.78, 5) is 0. The Hall–Kier alpha value is -1.70. The smallest absolute Gasteiger partial charge is 0.132 e. The molecule has 0 nitrogen and oxygen atoms in total. The molecule has 0 aliphatic heterocycles. The highest BCUT2D eigenvalue weighted by atomic mass is 19.1. The Balaban J connectivity index is 2.46. The molecule has 0 saturated heterocycles. The average molecular weight is 359 g/mol. The molecule has 0 N–H and O–H groups in total. The van der Waals surface area contributed by atoms with E-state index in [1.165, 1.54) is 23.6 Å². The van der Waals surface area contributed by atoms with Gasteiger partial charge in [-0.2, -0.15) is 0 Å². The van der Waals surface area contributed by atoms with Gasteiger partial charge >= 0.3 is 0 Å². The zero-order valence-electron chi connectivity index (χ0n) is 16.5. The van der Waals surface area contributed by atoms with Gasteiger partial charge in [0.15, 0.2) is 0 Å². The van der Waals surface area contributed by atoms with E-state index in [2.05, 4.69) is 33.9 Å². The molecule has 2 rings (SSSR count). The summed E-state index contributed by atoms with van der Waals surface area (Å²) >= 11 is 0. The van der Waals surface area contributed by atoms with Crippen molar-refractivity contribution in [3.8, 4) is 0 Å². The van der Waals surface area contributed by atoms with Crippen LogP contribution < -0.4 is 0 Å². The summed E-state index contributed by atoms with van der Waals surface area (Å²) in [6.45, 7) is 14.8. The maximum atomic E-state index is 14.7. The molecule has 0 saturated carbocycles. The predicted octanol–water partition coefficient (Wildman–Crippen LogP) is 7.87. The SMILES string of the molecule is C=C(/C=C(/C1=CC=C(F)CC1F)C1=C(C)CC(CC)CC1)C(=C)CCC. The number of hydrogen-bond donors (Lipinski definition) is 0. The van der Waals surface area contributed by atoms with Crippen molar-refractivity contribution in [3.63, 3.8) is 0 Å². The summed E-state index contributed by atoms with van der Waals surface area (Å²) in [7, 11) is 0. The van der Waals surface area contributed by atoms with E-state index in [1.54, 1.807) is 6.08 Å². The molecule has 2 atom stereocenters. The Morgan fingerprint density at radius 1 is 1.23 bits per heavy atom. The minimum Gasteiger partial charge on any atom is -0.242 e. The fraction of sp³-hybridized carbons (Fsp3) is 0.500. The van der Waals surface area contributed by atoms with E-state index in [1.807, 2.05) is 6.08 Å². The normalized spacial score (nSPS) is 24.3. The van der Waals surface area contributed by atoms with Crippen molar-refractivity contribution in [2.75, 3.05) is 0 Å². The standard InChI is InChI=1S/C24H32F2/c1-6-8-16(3)17(4)14-23(22-12-10-20(25)15-24(22)26)21-11-9-19(7-2)13-18(21)5/h10,12,14,19,24H,3-4,6-9,11,13,15H2,1-2,5H3/b23-14+. The van der Waals surface area contributed by atoms with Gasteiger partial charge in [-0.1, -0.05) is 51.5 Å². The van der Waals surface area contributed by atoms with Crippen molar-refractivity contribution in [2.24, 2.45) is 5.92 Å². The summed E-state index contributed by atoms with van der Waals surface area (Å²) in [6.07, 6.45) is 9.70. The molecule has 2 unspecified atom stereocenters. The lowest BCUT2D eigenvalue weighted by Gasteiger charge is -2.29. The van der Waals surface area contributed by atoms with E-state index in [4.69, 9.17) is 0 Å². The van der Waals surface area contributed by atoms with Crippen LogP contribution in [0.3, 0.4) is 0 Å². The summed E-state index contributed by atoms with van der Waals surface area (Å²) < 4.78 is 28.2.